The Hall–Kier alpha value is -1.02. The van der Waals surface area contributed by atoms with Crippen LogP contribution in [0.15, 0.2) is 12.1 Å². The van der Waals surface area contributed by atoms with Crippen LogP contribution >= 0.6 is 11.6 Å². The summed E-state index contributed by atoms with van der Waals surface area (Å²) >= 11 is 6.19. The second-order valence-electron chi connectivity index (χ2n) is 4.87. The molecule has 1 aliphatic carbocycles. The molecular weight excluding hydrogens is 236 g/mol. The van der Waals surface area contributed by atoms with Gasteiger partial charge in [-0.1, -0.05) is 17.7 Å². The van der Waals surface area contributed by atoms with Gasteiger partial charge in [0.2, 0.25) is 0 Å². The molecule has 92 valence electrons. The van der Waals surface area contributed by atoms with Crippen molar-refractivity contribution < 1.29 is 9.53 Å². The van der Waals surface area contributed by atoms with Crippen molar-refractivity contribution in [1.29, 1.82) is 0 Å². The summed E-state index contributed by atoms with van der Waals surface area (Å²) in [6, 6.07) is 3.86. The number of Topliss-reactive ketones (excluding diaryl/α,β-unsaturated/α-hetero) is 1. The van der Waals surface area contributed by atoms with E-state index in [4.69, 9.17) is 16.3 Å². The summed E-state index contributed by atoms with van der Waals surface area (Å²) in [7, 11) is 0. The fraction of sp³-hybridized carbons (Fsp3) is 0.500. The predicted molar refractivity (Wildman–Crippen MR) is 68.8 cm³/mol. The minimum absolute atomic E-state index is 0.128. The van der Waals surface area contributed by atoms with Crippen LogP contribution in [-0.2, 0) is 11.2 Å². The second-order valence-corrected chi connectivity index (χ2v) is 5.28. The van der Waals surface area contributed by atoms with E-state index in [1.54, 1.807) is 6.92 Å². The zero-order valence-electron chi connectivity index (χ0n) is 10.3. The molecule has 3 heteroatoms. The Labute approximate surface area is 107 Å². The lowest BCUT2D eigenvalue weighted by atomic mass is 10.1. The number of ether oxygens (including phenoxy) is 1. The molecule has 2 rings (SSSR count). The summed E-state index contributed by atoms with van der Waals surface area (Å²) < 4.78 is 5.76. The van der Waals surface area contributed by atoms with Gasteiger partial charge in [0, 0.05) is 12.0 Å². The maximum absolute atomic E-state index is 11.2. The van der Waals surface area contributed by atoms with E-state index in [1.165, 1.54) is 12.8 Å². The van der Waals surface area contributed by atoms with Gasteiger partial charge in [0.05, 0.1) is 11.6 Å². The van der Waals surface area contributed by atoms with Gasteiger partial charge < -0.3 is 4.74 Å². The average Bonchev–Trinajstić information content (AvgIpc) is 2.98. The fourth-order valence-corrected chi connectivity index (χ4v) is 2.20. The van der Waals surface area contributed by atoms with Gasteiger partial charge in [-0.2, -0.15) is 0 Å². The van der Waals surface area contributed by atoms with Crippen LogP contribution in [-0.4, -0.2) is 12.4 Å². The van der Waals surface area contributed by atoms with Crippen molar-refractivity contribution >= 4 is 17.4 Å². The lowest BCUT2D eigenvalue weighted by Crippen LogP contribution is -2.05. The number of benzene rings is 1. The van der Waals surface area contributed by atoms with Crippen LogP contribution < -0.4 is 4.74 Å². The molecule has 0 radical (unpaired) electrons. The highest BCUT2D eigenvalue weighted by molar-refractivity contribution is 6.32. The molecule has 0 N–H and O–H groups in total. The molecule has 0 unspecified atom stereocenters. The Morgan fingerprint density at radius 2 is 2.18 bits per heavy atom. The van der Waals surface area contributed by atoms with Crippen LogP contribution in [0.2, 0.25) is 5.02 Å². The molecule has 2 nitrogen and oxygen atoms in total. The van der Waals surface area contributed by atoms with Gasteiger partial charge in [-0.3, -0.25) is 4.79 Å². The molecule has 1 aliphatic rings. The van der Waals surface area contributed by atoms with Crippen molar-refractivity contribution in [3.63, 3.8) is 0 Å². The Balaban J connectivity index is 2.21. The summed E-state index contributed by atoms with van der Waals surface area (Å²) in [5, 5.41) is 0.613. The van der Waals surface area contributed by atoms with E-state index in [-0.39, 0.29) is 5.78 Å². The zero-order valence-corrected chi connectivity index (χ0v) is 11.0. The zero-order chi connectivity index (χ0) is 12.4. The molecule has 0 aliphatic heterocycles. The van der Waals surface area contributed by atoms with E-state index in [0.717, 1.165) is 11.1 Å². The second kappa shape index (κ2) is 5.09. The molecular formula is C14H17ClO2. The molecule has 0 aromatic heterocycles. The maximum Gasteiger partial charge on any atom is 0.141 e. The lowest BCUT2D eigenvalue weighted by Gasteiger charge is -2.13. The van der Waals surface area contributed by atoms with Gasteiger partial charge in [0.1, 0.15) is 11.5 Å². The first kappa shape index (κ1) is 12.4. The van der Waals surface area contributed by atoms with Crippen LogP contribution in [0.5, 0.6) is 5.75 Å². The minimum atomic E-state index is 0.128. The summed E-state index contributed by atoms with van der Waals surface area (Å²) in [5.41, 5.74) is 1.97. The van der Waals surface area contributed by atoms with Crippen molar-refractivity contribution in [3.05, 3.63) is 28.3 Å². The minimum Gasteiger partial charge on any atom is -0.491 e. The van der Waals surface area contributed by atoms with Crippen molar-refractivity contribution in [3.8, 4) is 5.75 Å². The van der Waals surface area contributed by atoms with Crippen molar-refractivity contribution in [2.45, 2.75) is 33.1 Å². The van der Waals surface area contributed by atoms with Gasteiger partial charge in [0.15, 0.2) is 0 Å². The third kappa shape index (κ3) is 3.47. The van der Waals surface area contributed by atoms with Crippen molar-refractivity contribution in [2.75, 3.05) is 6.61 Å². The number of hydrogen-bond acceptors (Lipinski definition) is 2. The highest BCUT2D eigenvalue weighted by atomic mass is 35.5. The number of halogens is 1. The number of ketones is 1. The van der Waals surface area contributed by atoms with Crippen LogP contribution in [0.1, 0.15) is 30.9 Å². The molecule has 0 spiro atoms. The predicted octanol–water partition coefficient (Wildman–Crippen LogP) is 3.57. The fourth-order valence-electron chi connectivity index (χ4n) is 1.85. The quantitative estimate of drug-likeness (QED) is 0.801. The van der Waals surface area contributed by atoms with Gasteiger partial charge in [0.25, 0.3) is 0 Å². The first-order valence-electron chi connectivity index (χ1n) is 5.97. The molecule has 0 atom stereocenters. The molecule has 0 heterocycles. The van der Waals surface area contributed by atoms with Crippen LogP contribution in [0, 0.1) is 12.8 Å². The standard InChI is InChI=1S/C14H17ClO2/c1-9-5-12(7-10(2)16)14(13(15)6-9)17-8-11-3-4-11/h5-6,11H,3-4,7-8H2,1-2H3. The van der Waals surface area contributed by atoms with Gasteiger partial charge in [-0.05, 0) is 44.2 Å². The number of rotatable bonds is 5. The van der Waals surface area contributed by atoms with Gasteiger partial charge in [-0.15, -0.1) is 0 Å². The first-order chi connectivity index (χ1) is 8.06. The smallest absolute Gasteiger partial charge is 0.141 e. The lowest BCUT2D eigenvalue weighted by molar-refractivity contribution is -0.116. The Morgan fingerprint density at radius 3 is 2.76 bits per heavy atom. The monoisotopic (exact) mass is 252 g/mol. The average molecular weight is 253 g/mol. The van der Waals surface area contributed by atoms with E-state index in [0.29, 0.717) is 29.7 Å². The molecule has 1 aromatic carbocycles. The number of carbonyl (C=O) groups is 1. The van der Waals surface area contributed by atoms with Crippen LogP contribution in [0.25, 0.3) is 0 Å². The molecule has 17 heavy (non-hydrogen) atoms. The van der Waals surface area contributed by atoms with Crippen molar-refractivity contribution in [1.82, 2.24) is 0 Å². The normalized spacial score (nSPS) is 14.8. The van der Waals surface area contributed by atoms with Crippen LogP contribution in [0.4, 0.5) is 0 Å². The molecule has 0 amide bonds. The molecule has 0 bridgehead atoms. The Bertz CT molecular complexity index is 436. The molecule has 1 saturated carbocycles. The van der Waals surface area contributed by atoms with Gasteiger partial charge >= 0.3 is 0 Å². The van der Waals surface area contributed by atoms with Crippen LogP contribution in [0.3, 0.4) is 0 Å². The van der Waals surface area contributed by atoms with E-state index in [2.05, 4.69) is 0 Å². The summed E-state index contributed by atoms with van der Waals surface area (Å²) in [5.74, 6) is 1.50. The molecule has 1 fully saturated rings. The third-order valence-electron chi connectivity index (χ3n) is 2.86. The van der Waals surface area contributed by atoms with Crippen molar-refractivity contribution in [2.24, 2.45) is 5.92 Å². The Kier molecular flexibility index (Phi) is 3.72. The molecule has 1 aromatic rings. The molecule has 0 saturated heterocycles. The SMILES string of the molecule is CC(=O)Cc1cc(C)cc(Cl)c1OCC1CC1. The van der Waals surface area contributed by atoms with E-state index in [1.807, 2.05) is 19.1 Å². The maximum atomic E-state index is 11.2. The Morgan fingerprint density at radius 1 is 1.47 bits per heavy atom. The highest BCUT2D eigenvalue weighted by Gasteiger charge is 2.23. The number of carbonyl (C=O) groups excluding carboxylic acids is 1. The number of hydrogen-bond donors (Lipinski definition) is 0. The third-order valence-corrected chi connectivity index (χ3v) is 3.15. The summed E-state index contributed by atoms with van der Waals surface area (Å²) in [4.78, 5) is 11.2. The summed E-state index contributed by atoms with van der Waals surface area (Å²) in [6.45, 7) is 4.27. The van der Waals surface area contributed by atoms with E-state index in [9.17, 15) is 4.79 Å². The number of aryl methyl sites for hydroxylation is 1. The van der Waals surface area contributed by atoms with Gasteiger partial charge in [-0.25, -0.2) is 0 Å². The van der Waals surface area contributed by atoms with E-state index < -0.39 is 0 Å². The first-order valence-corrected chi connectivity index (χ1v) is 6.35. The topological polar surface area (TPSA) is 26.3 Å². The van der Waals surface area contributed by atoms with E-state index >= 15 is 0 Å². The largest absolute Gasteiger partial charge is 0.491 e. The highest BCUT2D eigenvalue weighted by Crippen LogP contribution is 2.34. The summed E-state index contributed by atoms with van der Waals surface area (Å²) in [6.07, 6.45) is 2.87.